The first kappa shape index (κ1) is 26.9. The smallest absolute Gasteiger partial charge is 0.216 e. The van der Waals surface area contributed by atoms with Crippen LogP contribution in [-0.4, -0.2) is 28.2 Å². The third-order valence-corrected chi connectivity index (χ3v) is 12.1. The number of aromatic nitrogens is 3. The SMILES string of the molecule is [2H]C(C)(C)c1cc(-c2[c-]cc(F)cc2)nc[c]1[Ge]([CH3])([CH3])[CH3].[2H]C([2H])([2H])c1ccc2c(n1)oc1c(-c3cc(-c4ccccc4)c(C([2H])([2H])[2H])cn3)[c-]ccc12.[Ir]. The standard InChI is InChI=1S/C24H17N2O.C17H21FGeN.Ir/c1-15-14-25-22(13-21(15)17-7-4-3-5-8-17)20-10-6-9-18-19-12-11-16(2)26-24(19)27-23(18)20;1-12(2)15-10-17(13-6-8-14(18)9-7-13)20-11-16(15)19(3,4)5;/h3-9,11-14H,1-2H3;6,8-12H,1-5H3;/q2*-1;/i1D3,2D3;12D;. The molecule has 4 nitrogen and oxygen atoms in total. The molecule has 0 fully saturated rings. The van der Waals surface area contributed by atoms with Gasteiger partial charge in [0, 0.05) is 45.6 Å². The maximum absolute atomic E-state index is 13.0. The second kappa shape index (κ2) is 14.7. The van der Waals surface area contributed by atoms with Gasteiger partial charge in [0.2, 0.25) is 5.71 Å². The summed E-state index contributed by atoms with van der Waals surface area (Å²) >= 11 is -2.10. The predicted octanol–water partition coefficient (Wildman–Crippen LogP) is 10.5. The first-order chi connectivity index (χ1) is 25.2. The van der Waals surface area contributed by atoms with Gasteiger partial charge < -0.3 is 9.40 Å². The number of furan rings is 1. The molecule has 0 bridgehead atoms. The molecule has 7 aromatic rings. The van der Waals surface area contributed by atoms with E-state index >= 15 is 0 Å². The van der Waals surface area contributed by atoms with Gasteiger partial charge in [0.25, 0.3) is 0 Å². The van der Waals surface area contributed by atoms with Gasteiger partial charge in [-0.05, 0) is 48.2 Å². The summed E-state index contributed by atoms with van der Waals surface area (Å²) in [5, 5.41) is 1.42. The van der Waals surface area contributed by atoms with Crippen molar-refractivity contribution in [3.05, 3.63) is 132 Å². The number of hydrogen-bond donors (Lipinski definition) is 0. The molecule has 7 rings (SSSR count). The molecule has 4 aromatic heterocycles. The summed E-state index contributed by atoms with van der Waals surface area (Å²) in [5.74, 6) is 5.93. The van der Waals surface area contributed by atoms with Crippen LogP contribution in [0.1, 0.15) is 46.2 Å². The summed E-state index contributed by atoms with van der Waals surface area (Å²) in [7, 11) is 0. The van der Waals surface area contributed by atoms with Crippen LogP contribution in [0, 0.1) is 31.7 Å². The molecule has 0 saturated heterocycles. The van der Waals surface area contributed by atoms with Crippen LogP contribution in [0.25, 0.3) is 55.7 Å². The topological polar surface area (TPSA) is 51.8 Å². The summed E-state index contributed by atoms with van der Waals surface area (Å²) in [5.41, 5.74) is 5.63. The van der Waals surface area contributed by atoms with Crippen molar-refractivity contribution in [2.45, 2.75) is 50.7 Å². The van der Waals surface area contributed by atoms with Crippen LogP contribution < -0.4 is 4.40 Å². The largest absolute Gasteiger partial charge is 0.486 e. The van der Waals surface area contributed by atoms with Gasteiger partial charge in [-0.2, -0.15) is 0 Å². The summed E-state index contributed by atoms with van der Waals surface area (Å²) in [6.45, 7) is -0.878. The third-order valence-electron chi connectivity index (χ3n) is 7.84. The molecule has 3 aromatic carbocycles. The Balaban J connectivity index is 0.000000229. The van der Waals surface area contributed by atoms with Gasteiger partial charge in [-0.1, -0.05) is 47.3 Å². The number of halogens is 1. The van der Waals surface area contributed by atoms with E-state index in [9.17, 15) is 4.39 Å². The molecule has 245 valence electrons. The maximum Gasteiger partial charge on any atom is 0.216 e. The Morgan fingerprint density at radius 2 is 1.67 bits per heavy atom. The van der Waals surface area contributed by atoms with Gasteiger partial charge in [-0.25, -0.2) is 4.98 Å². The van der Waals surface area contributed by atoms with Crippen molar-refractivity contribution in [3.8, 4) is 33.6 Å². The molecule has 0 aliphatic carbocycles. The first-order valence-electron chi connectivity index (χ1n) is 18.7. The molecule has 0 spiro atoms. The van der Waals surface area contributed by atoms with E-state index in [0.717, 1.165) is 27.8 Å². The number of pyridine rings is 3. The summed E-state index contributed by atoms with van der Waals surface area (Å²) in [6, 6.07) is 30.1. The number of benzene rings is 3. The zero-order chi connectivity index (χ0) is 39.2. The quantitative estimate of drug-likeness (QED) is 0.128. The predicted molar refractivity (Wildman–Crippen MR) is 194 cm³/mol. The van der Waals surface area contributed by atoms with Crippen LogP contribution in [0.2, 0.25) is 17.3 Å². The number of rotatable bonds is 5. The number of hydrogen-bond acceptors (Lipinski definition) is 4. The van der Waals surface area contributed by atoms with Crippen LogP contribution in [0.15, 0.2) is 102 Å². The van der Waals surface area contributed by atoms with Crippen molar-refractivity contribution in [3.63, 3.8) is 0 Å². The van der Waals surface area contributed by atoms with E-state index in [1.807, 2.05) is 62.5 Å². The maximum atomic E-state index is 13.0. The second-order valence-electron chi connectivity index (χ2n) is 12.5. The minimum Gasteiger partial charge on any atom is -0.486 e. The van der Waals surface area contributed by atoms with Crippen molar-refractivity contribution in [1.82, 2.24) is 15.0 Å². The Morgan fingerprint density at radius 1 is 0.875 bits per heavy atom. The molecule has 48 heavy (non-hydrogen) atoms. The second-order valence-corrected chi connectivity index (χ2v) is 23.1. The molecule has 4 heterocycles. The zero-order valence-electron chi connectivity index (χ0n) is 34.2. The number of nitrogens with zero attached hydrogens (tertiary/aromatic N) is 3. The van der Waals surface area contributed by atoms with Crippen LogP contribution in [0.3, 0.4) is 0 Å². The average Bonchev–Trinajstić information content (AvgIpc) is 3.49. The normalized spacial score (nSPS) is 14.2. The van der Waals surface area contributed by atoms with Gasteiger partial charge in [0.15, 0.2) is 0 Å². The van der Waals surface area contributed by atoms with Crippen molar-refractivity contribution < 1.29 is 38.5 Å². The molecular formula is C41H38FGeIrN3O-2. The van der Waals surface area contributed by atoms with Crippen molar-refractivity contribution in [1.29, 1.82) is 0 Å². The average molecular weight is 880 g/mol. The number of aryl methyl sites for hydroxylation is 2. The van der Waals surface area contributed by atoms with Gasteiger partial charge in [0.1, 0.15) is 0 Å². The fraction of sp³-hybridized carbons (Fsp3) is 0.195. The van der Waals surface area contributed by atoms with E-state index in [2.05, 4.69) is 44.4 Å². The van der Waals surface area contributed by atoms with E-state index in [-0.39, 0.29) is 42.9 Å². The first-order valence-corrected chi connectivity index (χ1v) is 22.6. The Kier molecular flexibility index (Phi) is 8.22. The Bertz CT molecular complexity index is 2460. The van der Waals surface area contributed by atoms with Crippen molar-refractivity contribution in [2.24, 2.45) is 0 Å². The summed E-state index contributed by atoms with van der Waals surface area (Å²) < 4.78 is 75.2. The van der Waals surface area contributed by atoms with E-state index in [1.54, 1.807) is 24.3 Å². The van der Waals surface area contributed by atoms with E-state index in [1.165, 1.54) is 28.8 Å². The van der Waals surface area contributed by atoms with Gasteiger partial charge >= 0.3 is 125 Å². The molecule has 0 aliphatic rings. The molecular weight excluding hydrogens is 834 g/mol. The van der Waals surface area contributed by atoms with Crippen LogP contribution in [0.4, 0.5) is 4.39 Å². The fourth-order valence-corrected chi connectivity index (χ4v) is 8.76. The van der Waals surface area contributed by atoms with E-state index in [4.69, 9.17) is 14.0 Å². The van der Waals surface area contributed by atoms with Gasteiger partial charge in [-0.3, -0.25) is 0 Å². The monoisotopic (exact) mass is 881 g/mol. The van der Waals surface area contributed by atoms with E-state index in [0.29, 0.717) is 27.8 Å². The summed E-state index contributed by atoms with van der Waals surface area (Å²) in [4.78, 5) is 13.1. The van der Waals surface area contributed by atoms with Crippen LogP contribution >= 0.6 is 0 Å². The molecule has 0 atom stereocenters. The van der Waals surface area contributed by atoms with Crippen LogP contribution in [-0.2, 0) is 20.1 Å². The van der Waals surface area contributed by atoms with E-state index < -0.39 is 32.9 Å². The zero-order valence-corrected chi connectivity index (χ0v) is 31.7. The minimum atomic E-state index is -2.35. The molecule has 7 heteroatoms. The molecule has 0 N–H and O–H groups in total. The Hall–Kier alpha value is -3.97. The molecule has 0 amide bonds. The summed E-state index contributed by atoms with van der Waals surface area (Å²) in [6.07, 6.45) is 3.28. The van der Waals surface area contributed by atoms with Crippen LogP contribution in [0.5, 0.6) is 0 Å². The van der Waals surface area contributed by atoms with Gasteiger partial charge in [-0.15, -0.1) is 18.2 Å². The minimum absolute atomic E-state index is 0. The molecule has 0 unspecified atom stereocenters. The molecule has 0 aliphatic heterocycles. The van der Waals surface area contributed by atoms with Gasteiger partial charge in [0.05, 0.1) is 5.58 Å². The van der Waals surface area contributed by atoms with Crippen molar-refractivity contribution >= 4 is 39.7 Å². The van der Waals surface area contributed by atoms with Crippen molar-refractivity contribution in [2.75, 3.05) is 0 Å². The molecule has 1 radical (unpaired) electrons. The Labute approximate surface area is 308 Å². The fourth-order valence-electron chi connectivity index (χ4n) is 5.44. The molecule has 0 saturated carbocycles. The number of fused-ring (bicyclic) bond motifs is 3. The third kappa shape index (κ3) is 7.52. The Morgan fingerprint density at radius 3 is 2.35 bits per heavy atom.